The summed E-state index contributed by atoms with van der Waals surface area (Å²) >= 11 is 5.89. The van der Waals surface area contributed by atoms with Crippen molar-refractivity contribution in [1.29, 1.82) is 0 Å². The van der Waals surface area contributed by atoms with Crippen molar-refractivity contribution in [3.63, 3.8) is 0 Å². The molecule has 0 fully saturated rings. The lowest BCUT2D eigenvalue weighted by atomic mass is 10.1. The van der Waals surface area contributed by atoms with E-state index in [1.165, 1.54) is 22.9 Å². The van der Waals surface area contributed by atoms with Crippen LogP contribution < -0.4 is 9.64 Å². The number of ether oxygens (including phenoxy) is 1. The zero-order valence-corrected chi connectivity index (χ0v) is 17.6. The Labute approximate surface area is 178 Å². The van der Waals surface area contributed by atoms with E-state index in [-0.39, 0.29) is 22.7 Å². The van der Waals surface area contributed by atoms with Crippen LogP contribution in [0.4, 0.5) is 10.1 Å². The average Bonchev–Trinajstić information content (AvgIpc) is 3.10. The Hall–Kier alpha value is -2.97. The third-order valence-electron chi connectivity index (χ3n) is 4.89. The van der Waals surface area contributed by atoms with Gasteiger partial charge in [-0.15, -0.1) is 5.10 Å². The van der Waals surface area contributed by atoms with Gasteiger partial charge in [-0.3, -0.25) is 9.69 Å². The highest BCUT2D eigenvalue weighted by Crippen LogP contribution is 2.34. The second-order valence-corrected chi connectivity index (χ2v) is 7.83. The third kappa shape index (κ3) is 3.76. The fourth-order valence-electron chi connectivity index (χ4n) is 3.51. The van der Waals surface area contributed by atoms with Crippen LogP contribution in [0.1, 0.15) is 16.2 Å². The summed E-state index contributed by atoms with van der Waals surface area (Å²) in [7, 11) is 3.92. The number of halogens is 2. The van der Waals surface area contributed by atoms with Crippen molar-refractivity contribution >= 4 is 23.2 Å². The number of hydrogen-bond donors (Lipinski definition) is 0. The molecule has 30 heavy (non-hydrogen) atoms. The highest BCUT2D eigenvalue weighted by atomic mass is 35.5. The van der Waals surface area contributed by atoms with Crippen LogP contribution in [0.3, 0.4) is 0 Å². The van der Waals surface area contributed by atoms with Gasteiger partial charge in [0, 0.05) is 6.54 Å². The molecule has 3 aromatic rings. The summed E-state index contributed by atoms with van der Waals surface area (Å²) in [5, 5.41) is 8.18. The molecule has 1 aliphatic heterocycles. The fraction of sp³-hybridized carbons (Fsp3) is 0.286. The van der Waals surface area contributed by atoms with Crippen molar-refractivity contribution in [2.45, 2.75) is 13.0 Å². The monoisotopic (exact) mass is 429 g/mol. The van der Waals surface area contributed by atoms with Gasteiger partial charge in [-0.1, -0.05) is 28.9 Å². The zero-order chi connectivity index (χ0) is 21.4. The Morgan fingerprint density at radius 3 is 2.80 bits per heavy atom. The minimum atomic E-state index is -0.522. The molecule has 1 aliphatic rings. The van der Waals surface area contributed by atoms with Crippen LogP contribution in [0.5, 0.6) is 5.75 Å². The summed E-state index contributed by atoms with van der Waals surface area (Å²) in [6.45, 7) is 2.80. The number of hydrogen-bond acceptors (Lipinski definition) is 5. The molecule has 1 unspecified atom stereocenters. The summed E-state index contributed by atoms with van der Waals surface area (Å²) < 4.78 is 21.0. The van der Waals surface area contributed by atoms with Crippen LogP contribution in [0.25, 0.3) is 5.69 Å². The van der Waals surface area contributed by atoms with Crippen LogP contribution in [0.2, 0.25) is 5.02 Å². The van der Waals surface area contributed by atoms with Crippen molar-refractivity contribution in [3.8, 4) is 11.4 Å². The number of aromatic nitrogens is 3. The first-order valence-electron chi connectivity index (χ1n) is 9.45. The Bertz CT molecular complexity index is 1100. The minimum Gasteiger partial charge on any atom is -0.485 e. The molecule has 1 atom stereocenters. The largest absolute Gasteiger partial charge is 0.485 e. The molecule has 0 saturated carbocycles. The van der Waals surface area contributed by atoms with Gasteiger partial charge in [0.25, 0.3) is 5.91 Å². The maximum atomic E-state index is 13.5. The fourth-order valence-corrected chi connectivity index (χ4v) is 3.68. The normalized spacial score (nSPS) is 15.8. The second-order valence-electron chi connectivity index (χ2n) is 7.42. The molecule has 156 valence electrons. The van der Waals surface area contributed by atoms with E-state index in [4.69, 9.17) is 16.3 Å². The maximum absolute atomic E-state index is 13.5. The number of fused-ring (bicyclic) bond motifs is 1. The van der Waals surface area contributed by atoms with Gasteiger partial charge in [-0.25, -0.2) is 9.07 Å². The molecule has 0 saturated heterocycles. The molecule has 7 nitrogen and oxygen atoms in total. The second kappa shape index (κ2) is 8.04. The van der Waals surface area contributed by atoms with E-state index in [1.54, 1.807) is 11.8 Å². The van der Waals surface area contributed by atoms with Gasteiger partial charge in [-0.05, 0) is 51.4 Å². The first kappa shape index (κ1) is 20.3. The number of benzene rings is 2. The predicted molar refractivity (Wildman–Crippen MR) is 112 cm³/mol. The van der Waals surface area contributed by atoms with Crippen molar-refractivity contribution < 1.29 is 13.9 Å². The lowest BCUT2D eigenvalue weighted by molar-refractivity contribution is 0.0935. The van der Waals surface area contributed by atoms with Gasteiger partial charge in [0.15, 0.2) is 5.69 Å². The summed E-state index contributed by atoms with van der Waals surface area (Å²) in [4.78, 5) is 17.1. The summed E-state index contributed by atoms with van der Waals surface area (Å²) in [5.74, 6) is -0.142. The van der Waals surface area contributed by atoms with Gasteiger partial charge in [0.05, 0.1) is 28.6 Å². The van der Waals surface area contributed by atoms with Crippen molar-refractivity contribution in [2.75, 3.05) is 32.1 Å². The quantitative estimate of drug-likeness (QED) is 0.636. The third-order valence-corrected chi connectivity index (χ3v) is 5.18. The summed E-state index contributed by atoms with van der Waals surface area (Å²) in [5.41, 5.74) is 1.97. The maximum Gasteiger partial charge on any atom is 0.280 e. The molecular weight excluding hydrogens is 409 g/mol. The number of nitrogens with zero attached hydrogens (tertiary/aromatic N) is 5. The number of amides is 1. The molecule has 1 amide bonds. The summed E-state index contributed by atoms with van der Waals surface area (Å²) in [6, 6.07) is 11.7. The number of anilines is 1. The minimum absolute atomic E-state index is 0.0242. The van der Waals surface area contributed by atoms with Crippen LogP contribution >= 0.6 is 11.6 Å². The van der Waals surface area contributed by atoms with E-state index in [0.717, 1.165) is 0 Å². The molecule has 0 radical (unpaired) electrons. The van der Waals surface area contributed by atoms with Gasteiger partial charge in [0.2, 0.25) is 0 Å². The van der Waals surface area contributed by atoms with Gasteiger partial charge >= 0.3 is 0 Å². The number of para-hydroxylation sites is 2. The summed E-state index contributed by atoms with van der Waals surface area (Å²) in [6.07, 6.45) is -0.176. The molecule has 1 aromatic heterocycles. The van der Waals surface area contributed by atoms with Crippen molar-refractivity contribution in [3.05, 3.63) is 64.7 Å². The number of carbonyl (C=O) groups is 1. The van der Waals surface area contributed by atoms with Gasteiger partial charge in [-0.2, -0.15) is 0 Å². The van der Waals surface area contributed by atoms with Crippen molar-refractivity contribution in [1.82, 2.24) is 19.9 Å². The molecule has 0 bridgehead atoms. The molecule has 0 N–H and O–H groups in total. The highest BCUT2D eigenvalue weighted by Gasteiger charge is 2.33. The lowest BCUT2D eigenvalue weighted by Gasteiger charge is -2.35. The predicted octanol–water partition coefficient (Wildman–Crippen LogP) is 3.34. The SMILES string of the molecule is Cc1c(C(=O)N2CC(CN(C)C)Oc3ccccc32)nnn1-c1ccc(F)c(Cl)c1. The topological polar surface area (TPSA) is 63.5 Å². The van der Waals surface area contributed by atoms with Crippen LogP contribution in [0, 0.1) is 12.7 Å². The van der Waals surface area contributed by atoms with E-state index in [1.807, 2.05) is 43.3 Å². The first-order chi connectivity index (χ1) is 14.3. The Morgan fingerprint density at radius 1 is 1.30 bits per heavy atom. The molecule has 2 aromatic carbocycles. The molecule has 0 spiro atoms. The van der Waals surface area contributed by atoms with E-state index in [0.29, 0.717) is 35.9 Å². The van der Waals surface area contributed by atoms with Crippen LogP contribution in [0.15, 0.2) is 42.5 Å². The standard InChI is InChI=1S/C21H21ClFN5O2/c1-13-20(24-25-28(13)14-8-9-17(23)16(22)10-14)21(29)27-12-15(11-26(2)3)30-19-7-5-4-6-18(19)27/h4-10,15H,11-12H2,1-3H3. The van der Waals surface area contributed by atoms with Crippen LogP contribution in [-0.4, -0.2) is 59.1 Å². The van der Waals surface area contributed by atoms with Gasteiger partial charge in [0.1, 0.15) is 17.7 Å². The molecule has 2 heterocycles. The molecule has 9 heteroatoms. The Balaban J connectivity index is 1.69. The molecule has 0 aliphatic carbocycles. The number of rotatable bonds is 4. The smallest absolute Gasteiger partial charge is 0.280 e. The Morgan fingerprint density at radius 2 is 2.07 bits per heavy atom. The van der Waals surface area contributed by atoms with Crippen LogP contribution in [-0.2, 0) is 0 Å². The van der Waals surface area contributed by atoms with E-state index in [9.17, 15) is 9.18 Å². The average molecular weight is 430 g/mol. The van der Waals surface area contributed by atoms with E-state index >= 15 is 0 Å². The number of carbonyl (C=O) groups excluding carboxylic acids is 1. The first-order valence-corrected chi connectivity index (χ1v) is 9.83. The van der Waals surface area contributed by atoms with Gasteiger partial charge < -0.3 is 9.64 Å². The van der Waals surface area contributed by atoms with E-state index < -0.39 is 5.82 Å². The van der Waals surface area contributed by atoms with Crippen molar-refractivity contribution in [2.24, 2.45) is 0 Å². The number of likely N-dealkylation sites (N-methyl/N-ethyl adjacent to an activating group) is 1. The Kier molecular flexibility index (Phi) is 5.44. The van der Waals surface area contributed by atoms with E-state index in [2.05, 4.69) is 10.3 Å². The highest BCUT2D eigenvalue weighted by molar-refractivity contribution is 6.30. The lowest BCUT2D eigenvalue weighted by Crippen LogP contribution is -2.47. The molecule has 4 rings (SSSR count). The molecular formula is C21H21ClFN5O2. The zero-order valence-electron chi connectivity index (χ0n) is 16.8.